The molecule has 0 aromatic carbocycles. The minimum atomic E-state index is 0.0274. The Balaban J connectivity index is 1.30. The first-order valence-electron chi connectivity index (χ1n) is 17.1. The number of aromatic nitrogens is 3. The van der Waals surface area contributed by atoms with E-state index in [2.05, 4.69) is 69.3 Å². The number of nitrogens with zero attached hydrogens (tertiary/aromatic N) is 5. The van der Waals surface area contributed by atoms with Crippen molar-refractivity contribution in [2.75, 3.05) is 24.5 Å². The average molecular weight is 589 g/mol. The number of carbonyl (C=O) groups is 1. The van der Waals surface area contributed by atoms with Gasteiger partial charge in [0.25, 0.3) is 0 Å². The first kappa shape index (κ1) is 31.7. The number of likely N-dealkylation sites (tertiary alicyclic amines) is 1. The highest BCUT2D eigenvalue weighted by atomic mass is 16.2. The van der Waals surface area contributed by atoms with Crippen LogP contribution in [-0.4, -0.2) is 51.1 Å². The molecule has 1 aliphatic carbocycles. The summed E-state index contributed by atoms with van der Waals surface area (Å²) in [5.74, 6) is 1.92. The topological polar surface area (TPSA) is 79.8 Å². The molecule has 0 spiro atoms. The van der Waals surface area contributed by atoms with Gasteiger partial charge in [-0.25, -0.2) is 9.50 Å². The summed E-state index contributed by atoms with van der Waals surface area (Å²) in [5, 5.41) is 4.99. The lowest BCUT2D eigenvalue weighted by molar-refractivity contribution is -0.141. The standard InChI is InChI=1S/C36H56N6O/c1-7-25(3)15-17-36(6,8-2)27(5)20-28-12-11-13-29(21-28)35(43)41-18-10-9-14-32(41)31-22-33-38-34(26(4)23-42(33)39-31)40-19-16-30(37)24-40/h20,22-23,28-30,32H,3,7-19,21,24,37H2,1-2,4-6H3/b27-20+. The molecular formula is C36H56N6O. The predicted octanol–water partition coefficient (Wildman–Crippen LogP) is 7.54. The van der Waals surface area contributed by atoms with Gasteiger partial charge in [-0.1, -0.05) is 51.0 Å². The van der Waals surface area contributed by atoms with Gasteiger partial charge in [0.05, 0.1) is 11.7 Å². The molecule has 5 unspecified atom stereocenters. The summed E-state index contributed by atoms with van der Waals surface area (Å²) >= 11 is 0. The molecule has 1 amide bonds. The van der Waals surface area contributed by atoms with Gasteiger partial charge in [0, 0.05) is 49.4 Å². The summed E-state index contributed by atoms with van der Waals surface area (Å²) in [6, 6.07) is 2.35. The second-order valence-electron chi connectivity index (χ2n) is 14.1. The summed E-state index contributed by atoms with van der Waals surface area (Å²) in [4.78, 5) is 23.7. The van der Waals surface area contributed by atoms with Crippen molar-refractivity contribution in [3.05, 3.63) is 47.3 Å². The van der Waals surface area contributed by atoms with Crippen LogP contribution >= 0.6 is 0 Å². The number of fused-ring (bicyclic) bond motifs is 1. The van der Waals surface area contributed by atoms with Crippen LogP contribution < -0.4 is 10.6 Å². The van der Waals surface area contributed by atoms with Gasteiger partial charge in [-0.05, 0) is 95.8 Å². The highest BCUT2D eigenvalue weighted by Gasteiger charge is 2.36. The van der Waals surface area contributed by atoms with Gasteiger partial charge in [-0.2, -0.15) is 5.10 Å². The zero-order valence-electron chi connectivity index (χ0n) is 27.6. The van der Waals surface area contributed by atoms with Crippen LogP contribution in [0.2, 0.25) is 0 Å². The van der Waals surface area contributed by atoms with Gasteiger partial charge < -0.3 is 15.5 Å². The summed E-state index contributed by atoms with van der Waals surface area (Å²) in [5.41, 5.74) is 12.2. The maximum absolute atomic E-state index is 14.2. The third kappa shape index (κ3) is 7.02. The predicted molar refractivity (Wildman–Crippen MR) is 177 cm³/mol. The number of carbonyl (C=O) groups excluding carboxylic acids is 1. The van der Waals surface area contributed by atoms with E-state index in [4.69, 9.17) is 15.8 Å². The SMILES string of the molecule is C=C(CC)CCC(C)(CC)/C(C)=C/C1CCCC(C(=O)N2CCCCC2c2cc3nc(N4CCC(N)C4)c(C)cn3n2)C1. The highest BCUT2D eigenvalue weighted by molar-refractivity contribution is 5.79. The minimum Gasteiger partial charge on any atom is -0.355 e. The number of hydrogen-bond donors (Lipinski definition) is 1. The second kappa shape index (κ2) is 13.5. The highest BCUT2D eigenvalue weighted by Crippen LogP contribution is 2.41. The third-order valence-corrected chi connectivity index (χ3v) is 11.1. The van der Waals surface area contributed by atoms with Crippen LogP contribution in [0.1, 0.15) is 122 Å². The fraction of sp³-hybridized carbons (Fsp3) is 0.694. The third-order valence-electron chi connectivity index (χ3n) is 11.1. The maximum atomic E-state index is 14.2. The van der Waals surface area contributed by atoms with Gasteiger partial charge in [-0.15, -0.1) is 0 Å². The molecule has 43 heavy (non-hydrogen) atoms. The van der Waals surface area contributed by atoms with Gasteiger partial charge in [-0.3, -0.25) is 4.79 Å². The van der Waals surface area contributed by atoms with E-state index in [-0.39, 0.29) is 23.4 Å². The minimum absolute atomic E-state index is 0.0274. The number of aryl methyl sites for hydroxylation is 1. The quantitative estimate of drug-likeness (QED) is 0.290. The number of rotatable bonds is 10. The number of nitrogens with two attached hydrogens (primary N) is 1. The Morgan fingerprint density at radius 2 is 1.98 bits per heavy atom. The molecule has 7 heteroatoms. The molecule has 2 aromatic heterocycles. The monoisotopic (exact) mass is 588 g/mol. The maximum Gasteiger partial charge on any atom is 0.226 e. The fourth-order valence-corrected chi connectivity index (χ4v) is 7.66. The van der Waals surface area contributed by atoms with Crippen molar-refractivity contribution in [1.29, 1.82) is 0 Å². The lowest BCUT2D eigenvalue weighted by Gasteiger charge is -2.39. The molecule has 1 saturated carbocycles. The van der Waals surface area contributed by atoms with E-state index >= 15 is 0 Å². The first-order valence-corrected chi connectivity index (χ1v) is 17.1. The van der Waals surface area contributed by atoms with Gasteiger partial charge in [0.2, 0.25) is 5.91 Å². The van der Waals surface area contributed by atoms with Crippen molar-refractivity contribution in [3.63, 3.8) is 0 Å². The smallest absolute Gasteiger partial charge is 0.226 e. The number of hydrogen-bond acceptors (Lipinski definition) is 5. The summed E-state index contributed by atoms with van der Waals surface area (Å²) in [7, 11) is 0. The molecule has 7 nitrogen and oxygen atoms in total. The van der Waals surface area contributed by atoms with Crippen LogP contribution in [0.4, 0.5) is 5.82 Å². The van der Waals surface area contributed by atoms with E-state index in [1.807, 2.05) is 4.52 Å². The Morgan fingerprint density at radius 1 is 1.16 bits per heavy atom. The zero-order chi connectivity index (χ0) is 30.7. The van der Waals surface area contributed by atoms with Gasteiger partial charge in [0.1, 0.15) is 5.82 Å². The van der Waals surface area contributed by atoms with E-state index < -0.39 is 0 Å². The van der Waals surface area contributed by atoms with Crippen molar-refractivity contribution in [2.24, 2.45) is 23.0 Å². The van der Waals surface area contributed by atoms with Crippen LogP contribution in [0.3, 0.4) is 0 Å². The van der Waals surface area contributed by atoms with E-state index in [0.717, 1.165) is 113 Å². The molecular weight excluding hydrogens is 532 g/mol. The first-order chi connectivity index (χ1) is 20.6. The lowest BCUT2D eigenvalue weighted by Crippen LogP contribution is -2.43. The molecule has 4 heterocycles. The Hall–Kier alpha value is -2.67. The zero-order valence-corrected chi connectivity index (χ0v) is 27.6. The molecule has 2 aliphatic heterocycles. The second-order valence-corrected chi connectivity index (χ2v) is 14.1. The number of anilines is 1. The molecule has 236 valence electrons. The lowest BCUT2D eigenvalue weighted by atomic mass is 9.72. The van der Waals surface area contributed by atoms with Gasteiger partial charge in [0.15, 0.2) is 5.65 Å². The van der Waals surface area contributed by atoms with Crippen molar-refractivity contribution < 1.29 is 4.79 Å². The Labute approximate surface area is 260 Å². The molecule has 2 aromatic rings. The molecule has 2 saturated heterocycles. The van der Waals surface area contributed by atoms with Crippen LogP contribution in [0.15, 0.2) is 36.1 Å². The van der Waals surface area contributed by atoms with Gasteiger partial charge >= 0.3 is 0 Å². The fourth-order valence-electron chi connectivity index (χ4n) is 7.66. The number of allylic oxidation sites excluding steroid dienone is 3. The largest absolute Gasteiger partial charge is 0.355 e. The normalized spacial score (nSPS) is 26.6. The Bertz CT molecular complexity index is 1330. The molecule has 5 rings (SSSR count). The van der Waals surface area contributed by atoms with Crippen LogP contribution in [0.25, 0.3) is 5.65 Å². The van der Waals surface area contributed by atoms with Crippen LogP contribution in [0, 0.1) is 24.2 Å². The number of piperidine rings is 1. The van der Waals surface area contributed by atoms with E-state index in [1.165, 1.54) is 17.6 Å². The van der Waals surface area contributed by atoms with Crippen LogP contribution in [0.5, 0.6) is 0 Å². The number of amides is 1. The summed E-state index contributed by atoms with van der Waals surface area (Å²) in [6.45, 7) is 18.2. The molecule has 2 N–H and O–H groups in total. The molecule has 3 fully saturated rings. The Morgan fingerprint density at radius 3 is 2.70 bits per heavy atom. The van der Waals surface area contributed by atoms with Crippen molar-refractivity contribution in [3.8, 4) is 0 Å². The van der Waals surface area contributed by atoms with E-state index in [0.29, 0.717) is 11.8 Å². The Kier molecular flexibility index (Phi) is 10.00. The van der Waals surface area contributed by atoms with Crippen LogP contribution in [-0.2, 0) is 4.79 Å². The molecule has 0 bridgehead atoms. The van der Waals surface area contributed by atoms with E-state index in [9.17, 15) is 4.79 Å². The van der Waals surface area contributed by atoms with Crippen molar-refractivity contribution >= 4 is 17.4 Å². The molecule has 5 atom stereocenters. The molecule has 3 aliphatic rings. The van der Waals surface area contributed by atoms with E-state index in [1.54, 1.807) is 0 Å². The average Bonchev–Trinajstić information content (AvgIpc) is 3.64. The van der Waals surface area contributed by atoms with Crippen molar-refractivity contribution in [2.45, 2.75) is 124 Å². The molecule has 0 radical (unpaired) electrons. The van der Waals surface area contributed by atoms with Crippen molar-refractivity contribution in [1.82, 2.24) is 19.5 Å². The summed E-state index contributed by atoms with van der Waals surface area (Å²) in [6.07, 6.45) is 17.5. The summed E-state index contributed by atoms with van der Waals surface area (Å²) < 4.78 is 1.91.